The molecule has 1 aromatic carbocycles. The number of rotatable bonds is 5. The van der Waals surface area contributed by atoms with Crippen LogP contribution in [0, 0.1) is 0 Å². The Labute approximate surface area is 104 Å². The number of carbonyl (C=O) groups is 1. The van der Waals surface area contributed by atoms with E-state index in [1.807, 2.05) is 32.9 Å². The van der Waals surface area contributed by atoms with Gasteiger partial charge in [0.1, 0.15) is 6.61 Å². The molecule has 0 radical (unpaired) electrons. The molecule has 0 atom stereocenters. The summed E-state index contributed by atoms with van der Waals surface area (Å²) >= 11 is 0. The zero-order valence-electron chi connectivity index (χ0n) is 11.2. The molecular weight excluding hydrogens is 212 g/mol. The summed E-state index contributed by atoms with van der Waals surface area (Å²) in [6.07, 6.45) is 1.49. The Morgan fingerprint density at radius 1 is 1.12 bits per heavy atom. The molecule has 0 unspecified atom stereocenters. The van der Waals surface area contributed by atoms with Gasteiger partial charge in [-0.15, -0.1) is 0 Å². The van der Waals surface area contributed by atoms with E-state index in [9.17, 15) is 4.79 Å². The van der Waals surface area contributed by atoms with Crippen molar-refractivity contribution in [1.29, 1.82) is 0 Å². The first-order valence-corrected chi connectivity index (χ1v) is 6.14. The van der Waals surface area contributed by atoms with E-state index in [0.717, 1.165) is 12.0 Å². The lowest BCUT2D eigenvalue weighted by atomic mass is 10.1. The van der Waals surface area contributed by atoms with E-state index >= 15 is 0 Å². The highest BCUT2D eigenvalue weighted by atomic mass is 16.5. The predicted octanol–water partition coefficient (Wildman–Crippen LogP) is 3.18. The summed E-state index contributed by atoms with van der Waals surface area (Å²) in [6.45, 7) is 8.18. The fourth-order valence-corrected chi connectivity index (χ4v) is 1.47. The highest BCUT2D eigenvalue weighted by Gasteiger charge is 2.13. The lowest BCUT2D eigenvalue weighted by molar-refractivity contribution is -0.127. The van der Waals surface area contributed by atoms with Crippen LogP contribution in [0.3, 0.4) is 0 Å². The van der Waals surface area contributed by atoms with Crippen LogP contribution in [0.2, 0.25) is 0 Å². The third-order valence-electron chi connectivity index (χ3n) is 2.50. The Morgan fingerprint density at radius 2 is 1.65 bits per heavy atom. The predicted molar refractivity (Wildman–Crippen MR) is 70.2 cm³/mol. The molecule has 2 nitrogen and oxygen atoms in total. The van der Waals surface area contributed by atoms with Gasteiger partial charge in [-0.25, -0.2) is 0 Å². The zero-order chi connectivity index (χ0) is 12.9. The molecule has 0 fully saturated rings. The van der Waals surface area contributed by atoms with Gasteiger partial charge in [0.25, 0.3) is 0 Å². The SMILES string of the molecule is CCc1ccc(CC(=O)COC(C)(C)C)cc1. The quantitative estimate of drug-likeness (QED) is 0.782. The summed E-state index contributed by atoms with van der Waals surface area (Å²) in [5.74, 6) is 0.129. The summed E-state index contributed by atoms with van der Waals surface area (Å²) < 4.78 is 5.46. The van der Waals surface area contributed by atoms with Crippen LogP contribution in [0.1, 0.15) is 38.8 Å². The maximum Gasteiger partial charge on any atom is 0.162 e. The molecule has 0 heterocycles. The molecule has 0 aliphatic heterocycles. The number of Topliss-reactive ketones (excluding diaryl/α,β-unsaturated/α-hetero) is 1. The Hall–Kier alpha value is -1.15. The summed E-state index contributed by atoms with van der Waals surface area (Å²) in [5.41, 5.74) is 2.11. The van der Waals surface area contributed by atoms with Gasteiger partial charge < -0.3 is 4.74 Å². The van der Waals surface area contributed by atoms with E-state index in [0.29, 0.717) is 6.42 Å². The van der Waals surface area contributed by atoms with Crippen LogP contribution < -0.4 is 0 Å². The van der Waals surface area contributed by atoms with Crippen molar-refractivity contribution in [2.45, 2.75) is 46.1 Å². The molecule has 0 N–H and O–H groups in total. The van der Waals surface area contributed by atoms with E-state index in [-0.39, 0.29) is 18.0 Å². The second-order valence-electron chi connectivity index (χ2n) is 5.29. The van der Waals surface area contributed by atoms with Gasteiger partial charge in [-0.2, -0.15) is 0 Å². The lowest BCUT2D eigenvalue weighted by Crippen LogP contribution is -2.24. The van der Waals surface area contributed by atoms with E-state index in [4.69, 9.17) is 4.74 Å². The third kappa shape index (κ3) is 5.64. The molecule has 0 amide bonds. The first-order chi connectivity index (χ1) is 7.90. The molecule has 17 heavy (non-hydrogen) atoms. The summed E-state index contributed by atoms with van der Waals surface area (Å²) in [4.78, 5) is 11.7. The van der Waals surface area contributed by atoms with Crippen LogP contribution in [-0.2, 0) is 22.4 Å². The molecule has 0 aliphatic rings. The van der Waals surface area contributed by atoms with Gasteiger partial charge in [0, 0.05) is 6.42 Å². The number of aryl methyl sites for hydroxylation is 1. The van der Waals surface area contributed by atoms with Crippen molar-refractivity contribution in [3.8, 4) is 0 Å². The maximum atomic E-state index is 11.7. The zero-order valence-corrected chi connectivity index (χ0v) is 11.2. The van der Waals surface area contributed by atoms with E-state index < -0.39 is 0 Å². The van der Waals surface area contributed by atoms with Gasteiger partial charge in [0.15, 0.2) is 5.78 Å². The minimum Gasteiger partial charge on any atom is -0.368 e. The molecule has 0 bridgehead atoms. The highest BCUT2D eigenvalue weighted by Crippen LogP contribution is 2.09. The molecule has 0 aliphatic carbocycles. The van der Waals surface area contributed by atoms with Gasteiger partial charge in [-0.05, 0) is 38.3 Å². The molecular formula is C15H22O2. The van der Waals surface area contributed by atoms with Gasteiger partial charge in [0.05, 0.1) is 5.60 Å². The summed E-state index contributed by atoms with van der Waals surface area (Å²) in [7, 11) is 0. The largest absolute Gasteiger partial charge is 0.368 e. The van der Waals surface area contributed by atoms with Gasteiger partial charge in [-0.3, -0.25) is 4.79 Å². The van der Waals surface area contributed by atoms with Crippen molar-refractivity contribution >= 4 is 5.78 Å². The minimum absolute atomic E-state index is 0.129. The number of carbonyl (C=O) groups excluding carboxylic acids is 1. The number of hydrogen-bond donors (Lipinski definition) is 0. The Bertz CT molecular complexity index is 358. The number of hydrogen-bond acceptors (Lipinski definition) is 2. The lowest BCUT2D eigenvalue weighted by Gasteiger charge is -2.18. The van der Waals surface area contributed by atoms with Crippen molar-refractivity contribution in [2.24, 2.45) is 0 Å². The van der Waals surface area contributed by atoms with Crippen molar-refractivity contribution in [1.82, 2.24) is 0 Å². The van der Waals surface area contributed by atoms with Crippen LogP contribution >= 0.6 is 0 Å². The first-order valence-electron chi connectivity index (χ1n) is 6.14. The maximum absolute atomic E-state index is 11.7. The second kappa shape index (κ2) is 5.97. The van der Waals surface area contributed by atoms with Gasteiger partial charge in [-0.1, -0.05) is 31.2 Å². The fraction of sp³-hybridized carbons (Fsp3) is 0.533. The van der Waals surface area contributed by atoms with Crippen molar-refractivity contribution < 1.29 is 9.53 Å². The topological polar surface area (TPSA) is 26.3 Å². The van der Waals surface area contributed by atoms with Crippen LogP contribution in [0.5, 0.6) is 0 Å². The molecule has 1 rings (SSSR count). The van der Waals surface area contributed by atoms with Gasteiger partial charge >= 0.3 is 0 Å². The average molecular weight is 234 g/mol. The van der Waals surface area contributed by atoms with Crippen LogP contribution in [-0.4, -0.2) is 18.0 Å². The molecule has 1 aromatic rings. The van der Waals surface area contributed by atoms with Crippen molar-refractivity contribution in [2.75, 3.05) is 6.61 Å². The number of ether oxygens (including phenoxy) is 1. The normalized spacial score (nSPS) is 11.5. The minimum atomic E-state index is -0.248. The van der Waals surface area contributed by atoms with Crippen molar-refractivity contribution in [3.63, 3.8) is 0 Å². The second-order valence-corrected chi connectivity index (χ2v) is 5.29. The van der Waals surface area contributed by atoms with E-state index in [1.165, 1.54) is 5.56 Å². The van der Waals surface area contributed by atoms with E-state index in [2.05, 4.69) is 19.1 Å². The number of ketones is 1. The van der Waals surface area contributed by atoms with Crippen LogP contribution in [0.4, 0.5) is 0 Å². The monoisotopic (exact) mass is 234 g/mol. The summed E-state index contributed by atoms with van der Waals surface area (Å²) in [6, 6.07) is 8.20. The van der Waals surface area contributed by atoms with Crippen LogP contribution in [0.25, 0.3) is 0 Å². The molecule has 0 saturated carbocycles. The Balaban J connectivity index is 2.45. The van der Waals surface area contributed by atoms with Crippen molar-refractivity contribution in [3.05, 3.63) is 35.4 Å². The summed E-state index contributed by atoms with van der Waals surface area (Å²) in [5, 5.41) is 0. The average Bonchev–Trinajstić information content (AvgIpc) is 2.27. The Kier molecular flexibility index (Phi) is 4.88. The third-order valence-corrected chi connectivity index (χ3v) is 2.50. The Morgan fingerprint density at radius 3 is 2.12 bits per heavy atom. The number of benzene rings is 1. The molecule has 0 aromatic heterocycles. The molecule has 0 saturated heterocycles. The van der Waals surface area contributed by atoms with Gasteiger partial charge in [0.2, 0.25) is 0 Å². The molecule has 94 valence electrons. The molecule has 2 heteroatoms. The standard InChI is InChI=1S/C15H22O2/c1-5-12-6-8-13(9-7-12)10-14(16)11-17-15(2,3)4/h6-9H,5,10-11H2,1-4H3. The van der Waals surface area contributed by atoms with Crippen LogP contribution in [0.15, 0.2) is 24.3 Å². The smallest absolute Gasteiger partial charge is 0.162 e. The fourth-order valence-electron chi connectivity index (χ4n) is 1.47. The highest BCUT2D eigenvalue weighted by molar-refractivity contribution is 5.82. The molecule has 0 spiro atoms. The van der Waals surface area contributed by atoms with E-state index in [1.54, 1.807) is 0 Å². The first kappa shape index (κ1) is 13.9.